The molecule has 0 saturated carbocycles. The van der Waals surface area contributed by atoms with Gasteiger partial charge in [-0.1, -0.05) is 44.2 Å². The van der Waals surface area contributed by atoms with E-state index < -0.39 is 61.0 Å². The highest BCUT2D eigenvalue weighted by molar-refractivity contribution is 6.01. The SMILES string of the molecule is CNc1ccc2c(c1)OC(c1ccccc1)n1c-2cc2cc(NC(=O)C3CC(F)(F)CN3C(=O)C(NC(=O)OC)C(C)C)ccc21. The fourth-order valence-electron chi connectivity index (χ4n) is 6.16. The molecule has 12 heteroatoms. The van der Waals surface area contributed by atoms with E-state index in [1.54, 1.807) is 26.0 Å². The van der Waals surface area contributed by atoms with Gasteiger partial charge in [0.1, 0.15) is 17.8 Å². The van der Waals surface area contributed by atoms with Crippen LogP contribution in [0.1, 0.15) is 32.1 Å². The van der Waals surface area contributed by atoms with E-state index in [4.69, 9.17) is 4.74 Å². The van der Waals surface area contributed by atoms with E-state index in [1.807, 2.05) is 67.7 Å². The minimum Gasteiger partial charge on any atom is -0.465 e. The third-order valence-electron chi connectivity index (χ3n) is 8.46. The van der Waals surface area contributed by atoms with Crippen molar-refractivity contribution in [3.8, 4) is 17.0 Å². The molecule has 46 heavy (non-hydrogen) atoms. The lowest BCUT2D eigenvalue weighted by molar-refractivity contribution is -0.139. The van der Waals surface area contributed by atoms with Crippen LogP contribution in [0.3, 0.4) is 0 Å². The number of fused-ring (bicyclic) bond motifs is 5. The molecule has 10 nitrogen and oxygen atoms in total. The monoisotopic (exact) mass is 631 g/mol. The maximum absolute atomic E-state index is 14.7. The van der Waals surface area contributed by atoms with Gasteiger partial charge < -0.3 is 34.9 Å². The molecule has 0 aliphatic carbocycles. The Hall–Kier alpha value is -5.13. The summed E-state index contributed by atoms with van der Waals surface area (Å²) in [6.07, 6.45) is -2.16. The van der Waals surface area contributed by atoms with Gasteiger partial charge in [-0.05, 0) is 42.3 Å². The number of aromatic nitrogens is 1. The highest BCUT2D eigenvalue weighted by atomic mass is 19.3. The summed E-state index contributed by atoms with van der Waals surface area (Å²) in [5, 5.41) is 9.10. The van der Waals surface area contributed by atoms with Gasteiger partial charge in [0.05, 0.1) is 24.9 Å². The molecule has 1 aromatic heterocycles. The summed E-state index contributed by atoms with van der Waals surface area (Å²) in [7, 11) is 2.99. The first-order valence-electron chi connectivity index (χ1n) is 15.0. The Bertz CT molecular complexity index is 1810. The summed E-state index contributed by atoms with van der Waals surface area (Å²) in [5.41, 5.74) is 4.91. The molecule has 3 amide bonds. The fraction of sp³-hybridized carbons (Fsp3) is 0.324. The van der Waals surface area contributed by atoms with Crippen LogP contribution in [0.4, 0.5) is 25.0 Å². The number of hydrogen-bond donors (Lipinski definition) is 3. The largest absolute Gasteiger partial charge is 0.465 e. The summed E-state index contributed by atoms with van der Waals surface area (Å²) in [6.45, 7) is 2.40. The summed E-state index contributed by atoms with van der Waals surface area (Å²) >= 11 is 0. The predicted octanol–water partition coefficient (Wildman–Crippen LogP) is 5.84. The Kier molecular flexibility index (Phi) is 8.05. The van der Waals surface area contributed by atoms with Crippen molar-refractivity contribution in [2.45, 2.75) is 44.5 Å². The van der Waals surface area contributed by atoms with Crippen LogP contribution in [0.2, 0.25) is 0 Å². The van der Waals surface area contributed by atoms with Crippen molar-refractivity contribution in [1.82, 2.24) is 14.8 Å². The van der Waals surface area contributed by atoms with Gasteiger partial charge in [-0.15, -0.1) is 0 Å². The molecule has 0 radical (unpaired) electrons. The first-order chi connectivity index (χ1) is 22.0. The number of halogens is 2. The first-order valence-corrected chi connectivity index (χ1v) is 15.0. The zero-order chi connectivity index (χ0) is 32.7. The fourth-order valence-corrected chi connectivity index (χ4v) is 6.16. The third-order valence-corrected chi connectivity index (χ3v) is 8.46. The molecule has 3 heterocycles. The van der Waals surface area contributed by atoms with Crippen LogP contribution in [0.5, 0.6) is 5.75 Å². The first kappa shape index (κ1) is 30.9. The van der Waals surface area contributed by atoms with Crippen LogP contribution >= 0.6 is 0 Å². The normalized spacial score (nSPS) is 18.7. The molecule has 2 aliphatic rings. The number of nitrogens with zero attached hydrogens (tertiary/aromatic N) is 2. The van der Waals surface area contributed by atoms with Gasteiger partial charge in [-0.3, -0.25) is 9.59 Å². The van der Waals surface area contributed by atoms with Gasteiger partial charge in [-0.25, -0.2) is 13.6 Å². The number of methoxy groups -OCH3 is 1. The van der Waals surface area contributed by atoms with Crippen molar-refractivity contribution in [3.05, 3.63) is 78.4 Å². The quantitative estimate of drug-likeness (QED) is 0.236. The van der Waals surface area contributed by atoms with Gasteiger partial charge in [0.15, 0.2) is 0 Å². The molecule has 1 fully saturated rings. The number of alkyl carbamates (subject to hydrolysis) is 1. The van der Waals surface area contributed by atoms with Crippen molar-refractivity contribution in [2.75, 3.05) is 31.3 Å². The van der Waals surface area contributed by atoms with Crippen molar-refractivity contribution < 1.29 is 32.6 Å². The second-order valence-corrected chi connectivity index (χ2v) is 11.9. The number of amides is 3. The van der Waals surface area contributed by atoms with Crippen molar-refractivity contribution in [3.63, 3.8) is 0 Å². The van der Waals surface area contributed by atoms with E-state index in [2.05, 4.69) is 25.3 Å². The lowest BCUT2D eigenvalue weighted by atomic mass is 10.0. The van der Waals surface area contributed by atoms with Gasteiger partial charge in [-0.2, -0.15) is 0 Å². The predicted molar refractivity (Wildman–Crippen MR) is 170 cm³/mol. The Morgan fingerprint density at radius 2 is 1.74 bits per heavy atom. The average Bonchev–Trinajstić information content (AvgIpc) is 3.59. The number of likely N-dealkylation sites (tertiary alicyclic amines) is 1. The van der Waals surface area contributed by atoms with E-state index in [9.17, 15) is 23.2 Å². The molecule has 0 spiro atoms. The molecule has 4 aromatic rings. The molecule has 3 atom stereocenters. The summed E-state index contributed by atoms with van der Waals surface area (Å²) in [6, 6.07) is 20.5. The van der Waals surface area contributed by atoms with Gasteiger partial charge in [0, 0.05) is 47.4 Å². The minimum absolute atomic E-state index is 0.388. The smallest absolute Gasteiger partial charge is 0.407 e. The number of ether oxygens (including phenoxy) is 2. The average molecular weight is 632 g/mol. The standard InChI is InChI=1S/C34H35F2N5O5/c1-19(2)29(39-33(44)45-4)31(43)40-18-34(35,36)17-27(40)30(42)38-23-11-13-25-21(14-23)15-26-24-12-10-22(37-3)16-28(24)46-32(41(25)26)20-8-6-5-7-9-20/h5-16,19,27,29,32,37H,17-18H2,1-4H3,(H,38,42)(H,39,44). The molecule has 3 N–H and O–H groups in total. The molecule has 0 bridgehead atoms. The van der Waals surface area contributed by atoms with Crippen molar-refractivity contribution >= 4 is 40.2 Å². The number of rotatable bonds is 7. The third kappa shape index (κ3) is 5.70. The van der Waals surface area contributed by atoms with E-state index in [-0.39, 0.29) is 0 Å². The molecule has 3 unspecified atom stereocenters. The van der Waals surface area contributed by atoms with Gasteiger partial charge >= 0.3 is 6.09 Å². The molecule has 1 saturated heterocycles. The second-order valence-electron chi connectivity index (χ2n) is 11.9. The van der Waals surface area contributed by atoms with Crippen LogP contribution < -0.4 is 20.7 Å². The minimum atomic E-state index is -3.28. The van der Waals surface area contributed by atoms with Crippen molar-refractivity contribution in [2.24, 2.45) is 5.92 Å². The molecule has 2 aliphatic heterocycles. The zero-order valence-electron chi connectivity index (χ0n) is 25.8. The van der Waals surface area contributed by atoms with Crippen LogP contribution in [0.15, 0.2) is 72.8 Å². The van der Waals surface area contributed by atoms with E-state index >= 15 is 0 Å². The number of alkyl halides is 2. The summed E-state index contributed by atoms with van der Waals surface area (Å²) in [4.78, 5) is 39.6. The Morgan fingerprint density at radius 3 is 2.43 bits per heavy atom. The molecular formula is C34H35F2N5O5. The summed E-state index contributed by atoms with van der Waals surface area (Å²) < 4.78 is 42.6. The van der Waals surface area contributed by atoms with Crippen LogP contribution in [0, 0.1) is 5.92 Å². The molecule has 3 aromatic carbocycles. The Balaban J connectivity index is 1.32. The topological polar surface area (TPSA) is 114 Å². The molecule has 6 rings (SSSR count). The highest BCUT2D eigenvalue weighted by Gasteiger charge is 2.51. The van der Waals surface area contributed by atoms with Gasteiger partial charge in [0.25, 0.3) is 5.92 Å². The van der Waals surface area contributed by atoms with Crippen LogP contribution in [0.25, 0.3) is 22.2 Å². The number of anilines is 2. The number of nitrogens with one attached hydrogen (secondary N) is 3. The van der Waals surface area contributed by atoms with Crippen molar-refractivity contribution in [1.29, 1.82) is 0 Å². The Labute approximate surface area is 264 Å². The number of carbonyl (C=O) groups excluding carboxylic acids is 3. The van der Waals surface area contributed by atoms with E-state index in [0.717, 1.165) is 51.2 Å². The maximum Gasteiger partial charge on any atom is 0.407 e. The zero-order valence-corrected chi connectivity index (χ0v) is 25.8. The van der Waals surface area contributed by atoms with Crippen LogP contribution in [-0.4, -0.2) is 66.1 Å². The van der Waals surface area contributed by atoms with Gasteiger partial charge in [0.2, 0.25) is 18.0 Å². The highest BCUT2D eigenvalue weighted by Crippen LogP contribution is 2.45. The number of hydrogen-bond acceptors (Lipinski definition) is 6. The lowest BCUT2D eigenvalue weighted by Crippen LogP contribution is -2.54. The molecule has 240 valence electrons. The summed E-state index contributed by atoms with van der Waals surface area (Å²) in [5.74, 6) is -4.52. The number of carbonyl (C=O) groups is 3. The van der Waals surface area contributed by atoms with E-state index in [1.165, 1.54) is 0 Å². The van der Waals surface area contributed by atoms with E-state index in [0.29, 0.717) is 5.69 Å². The molecular weight excluding hydrogens is 596 g/mol. The maximum atomic E-state index is 14.7. The number of benzene rings is 3. The second kappa shape index (κ2) is 12.0. The Morgan fingerprint density at radius 1 is 1.00 bits per heavy atom. The van der Waals surface area contributed by atoms with Crippen LogP contribution in [-0.2, 0) is 14.3 Å². The lowest BCUT2D eigenvalue weighted by Gasteiger charge is -2.30.